The standard InChI is InChI=1S/C26H29Cl2N3O2/c1-4-26-12-11-20(19-10-7-17(13-21(19)28)24-30-15(3)31-33-24)22(16-5-8-18(27)9-6-16)23(26)14(2)29-25(26)32/h5-10,13-15,20,22-23,31H,4,11-12H2,1-3H3,(H,29,32)/t14-,15?,20+,22+,23+,26-/m1/s1. The fraction of sp³-hybridized carbons (Fsp3) is 0.462. The number of hydrogen-bond donors (Lipinski definition) is 2. The molecule has 0 spiro atoms. The summed E-state index contributed by atoms with van der Waals surface area (Å²) < 4.78 is 0. The van der Waals surface area contributed by atoms with Crippen molar-refractivity contribution in [2.45, 2.75) is 64.1 Å². The van der Waals surface area contributed by atoms with E-state index in [9.17, 15) is 4.79 Å². The lowest BCUT2D eigenvalue weighted by atomic mass is 9.54. The van der Waals surface area contributed by atoms with Crippen LogP contribution in [0.3, 0.4) is 0 Å². The van der Waals surface area contributed by atoms with Crippen LogP contribution in [0, 0.1) is 11.3 Å². The quantitative estimate of drug-likeness (QED) is 0.573. The molecule has 0 bridgehead atoms. The van der Waals surface area contributed by atoms with Crippen LogP contribution in [0.4, 0.5) is 0 Å². The first kappa shape index (κ1) is 22.7. The SMILES string of the molecule is CC[C@@]12CC[C@@H](c3ccc(C4=NC(C)NO4)cc3Cl)[C@H](c3ccc(Cl)cc3)[C@@H]1[C@@H](C)NC2=O. The third-order valence-electron chi connectivity index (χ3n) is 7.88. The van der Waals surface area contributed by atoms with Crippen LogP contribution in [-0.4, -0.2) is 24.0 Å². The summed E-state index contributed by atoms with van der Waals surface area (Å²) in [5, 5.41) is 4.68. The maximum atomic E-state index is 13.1. The molecule has 1 unspecified atom stereocenters. The molecule has 6 atom stereocenters. The molecule has 2 N–H and O–H groups in total. The predicted octanol–water partition coefficient (Wildman–Crippen LogP) is 5.81. The zero-order chi connectivity index (χ0) is 23.3. The maximum absolute atomic E-state index is 13.1. The lowest BCUT2D eigenvalue weighted by molar-refractivity contribution is -0.131. The number of fused-ring (bicyclic) bond motifs is 1. The number of hydroxylamine groups is 1. The number of amides is 1. The van der Waals surface area contributed by atoms with Crippen molar-refractivity contribution >= 4 is 35.0 Å². The Morgan fingerprint density at radius 1 is 1.15 bits per heavy atom. The molecular weight excluding hydrogens is 457 g/mol. The van der Waals surface area contributed by atoms with E-state index in [1.54, 1.807) is 0 Å². The van der Waals surface area contributed by atoms with Gasteiger partial charge in [-0.2, -0.15) is 0 Å². The first-order valence-electron chi connectivity index (χ1n) is 11.7. The summed E-state index contributed by atoms with van der Waals surface area (Å²) in [5.41, 5.74) is 5.67. The Kier molecular flexibility index (Phi) is 5.92. The summed E-state index contributed by atoms with van der Waals surface area (Å²) in [6.45, 7) is 6.21. The van der Waals surface area contributed by atoms with Gasteiger partial charge in [-0.05, 0) is 80.3 Å². The molecule has 3 aliphatic rings. The van der Waals surface area contributed by atoms with Gasteiger partial charge < -0.3 is 10.2 Å². The highest BCUT2D eigenvalue weighted by atomic mass is 35.5. The first-order valence-corrected chi connectivity index (χ1v) is 12.5. The molecule has 1 saturated heterocycles. The average Bonchev–Trinajstić information content (AvgIpc) is 3.35. The molecular formula is C26H29Cl2N3O2. The van der Waals surface area contributed by atoms with Crippen molar-refractivity contribution in [3.05, 3.63) is 69.2 Å². The summed E-state index contributed by atoms with van der Waals surface area (Å²) in [7, 11) is 0. The van der Waals surface area contributed by atoms with Crippen LogP contribution in [-0.2, 0) is 9.63 Å². The minimum absolute atomic E-state index is 0.0814. The lowest BCUT2D eigenvalue weighted by Crippen LogP contribution is -2.43. The first-order chi connectivity index (χ1) is 15.8. The van der Waals surface area contributed by atoms with Crippen LogP contribution in [0.15, 0.2) is 47.5 Å². The molecule has 0 radical (unpaired) electrons. The van der Waals surface area contributed by atoms with E-state index in [0.717, 1.165) is 30.4 Å². The zero-order valence-corrected chi connectivity index (χ0v) is 20.6. The predicted molar refractivity (Wildman–Crippen MR) is 132 cm³/mol. The Hall–Kier alpha value is -2.08. The van der Waals surface area contributed by atoms with Crippen molar-refractivity contribution in [1.29, 1.82) is 0 Å². The summed E-state index contributed by atoms with van der Waals surface area (Å²) in [5.74, 6) is 1.27. The summed E-state index contributed by atoms with van der Waals surface area (Å²) in [6.07, 6.45) is 2.50. The van der Waals surface area contributed by atoms with Crippen LogP contribution in [0.2, 0.25) is 10.0 Å². The van der Waals surface area contributed by atoms with Crippen LogP contribution in [0.5, 0.6) is 0 Å². The molecule has 1 amide bonds. The van der Waals surface area contributed by atoms with E-state index in [4.69, 9.17) is 28.0 Å². The Morgan fingerprint density at radius 2 is 1.91 bits per heavy atom. The molecule has 33 heavy (non-hydrogen) atoms. The average molecular weight is 486 g/mol. The molecule has 1 aliphatic carbocycles. The van der Waals surface area contributed by atoms with E-state index in [0.29, 0.717) is 15.9 Å². The highest BCUT2D eigenvalue weighted by Crippen LogP contribution is 2.60. The minimum atomic E-state index is -0.346. The van der Waals surface area contributed by atoms with Gasteiger partial charge in [0.15, 0.2) is 0 Å². The van der Waals surface area contributed by atoms with Gasteiger partial charge in [-0.1, -0.05) is 48.3 Å². The maximum Gasteiger partial charge on any atom is 0.242 e. The molecule has 2 aromatic rings. The number of nitrogens with zero attached hydrogens (tertiary/aromatic N) is 1. The summed E-state index contributed by atoms with van der Waals surface area (Å²) in [4.78, 5) is 23.1. The van der Waals surface area contributed by atoms with Gasteiger partial charge >= 0.3 is 0 Å². The van der Waals surface area contributed by atoms with Crippen molar-refractivity contribution < 1.29 is 9.63 Å². The second-order valence-electron chi connectivity index (χ2n) is 9.59. The smallest absolute Gasteiger partial charge is 0.242 e. The van der Waals surface area contributed by atoms with Gasteiger partial charge in [-0.25, -0.2) is 4.99 Å². The Morgan fingerprint density at radius 3 is 2.55 bits per heavy atom. The van der Waals surface area contributed by atoms with Crippen molar-refractivity contribution in [3.63, 3.8) is 0 Å². The number of carbonyl (C=O) groups excluding carboxylic acids is 1. The minimum Gasteiger partial charge on any atom is -0.386 e. The van der Waals surface area contributed by atoms with Crippen LogP contribution in [0.1, 0.15) is 68.6 Å². The van der Waals surface area contributed by atoms with Gasteiger partial charge in [-0.3, -0.25) is 4.79 Å². The van der Waals surface area contributed by atoms with Crippen molar-refractivity contribution in [2.75, 3.05) is 0 Å². The number of aliphatic imine (C=N–C) groups is 1. The highest BCUT2D eigenvalue weighted by Gasteiger charge is 2.59. The molecule has 2 aromatic carbocycles. The molecule has 2 aliphatic heterocycles. The Balaban J connectivity index is 1.58. The molecule has 0 aromatic heterocycles. The van der Waals surface area contributed by atoms with Gasteiger partial charge in [0.05, 0.1) is 5.41 Å². The number of benzene rings is 2. The molecule has 2 fully saturated rings. The molecule has 1 saturated carbocycles. The number of halogens is 2. The van der Waals surface area contributed by atoms with Crippen molar-refractivity contribution in [3.8, 4) is 0 Å². The second kappa shape index (κ2) is 8.61. The number of rotatable bonds is 4. The fourth-order valence-corrected chi connectivity index (χ4v) is 6.81. The van der Waals surface area contributed by atoms with E-state index in [-0.39, 0.29) is 41.3 Å². The van der Waals surface area contributed by atoms with Gasteiger partial charge in [0.25, 0.3) is 0 Å². The van der Waals surface area contributed by atoms with Crippen molar-refractivity contribution in [2.24, 2.45) is 16.3 Å². The van der Waals surface area contributed by atoms with E-state index >= 15 is 0 Å². The largest absolute Gasteiger partial charge is 0.386 e. The third-order valence-corrected chi connectivity index (χ3v) is 8.46. The Labute approximate surface area is 204 Å². The zero-order valence-electron chi connectivity index (χ0n) is 19.1. The molecule has 174 valence electrons. The number of hydrogen-bond acceptors (Lipinski definition) is 4. The summed E-state index contributed by atoms with van der Waals surface area (Å²) >= 11 is 13.1. The molecule has 5 rings (SSSR count). The van der Waals surface area contributed by atoms with Crippen LogP contribution >= 0.6 is 23.2 Å². The topological polar surface area (TPSA) is 62.7 Å². The number of carbonyl (C=O) groups is 1. The van der Waals surface area contributed by atoms with E-state index in [1.165, 1.54) is 5.56 Å². The van der Waals surface area contributed by atoms with Crippen molar-refractivity contribution in [1.82, 2.24) is 10.8 Å². The third kappa shape index (κ3) is 3.74. The van der Waals surface area contributed by atoms with Crippen LogP contribution < -0.4 is 10.8 Å². The van der Waals surface area contributed by atoms with Gasteiger partial charge in [0.2, 0.25) is 11.8 Å². The van der Waals surface area contributed by atoms with Crippen LogP contribution in [0.25, 0.3) is 0 Å². The number of nitrogens with one attached hydrogen (secondary N) is 2. The molecule has 5 nitrogen and oxygen atoms in total. The summed E-state index contributed by atoms with van der Waals surface area (Å²) in [6, 6.07) is 14.3. The second-order valence-corrected chi connectivity index (χ2v) is 10.4. The van der Waals surface area contributed by atoms with Gasteiger partial charge in [-0.15, -0.1) is 5.48 Å². The molecule has 7 heteroatoms. The lowest BCUT2D eigenvalue weighted by Gasteiger charge is -2.47. The van der Waals surface area contributed by atoms with Gasteiger partial charge in [0.1, 0.15) is 6.17 Å². The fourth-order valence-electron chi connectivity index (χ4n) is 6.36. The highest BCUT2D eigenvalue weighted by molar-refractivity contribution is 6.32. The monoisotopic (exact) mass is 485 g/mol. The Bertz CT molecular complexity index is 1100. The van der Waals surface area contributed by atoms with E-state index in [2.05, 4.69) is 47.8 Å². The van der Waals surface area contributed by atoms with E-state index in [1.807, 2.05) is 31.2 Å². The van der Waals surface area contributed by atoms with E-state index < -0.39 is 0 Å². The normalized spacial score (nSPS) is 33.3. The molecule has 2 heterocycles. The van der Waals surface area contributed by atoms with Gasteiger partial charge in [0, 0.05) is 27.6 Å².